The number of hydrogen-bond donors (Lipinski definition) is 0. The van der Waals surface area contributed by atoms with E-state index in [0.717, 1.165) is 26.1 Å². The highest BCUT2D eigenvalue weighted by atomic mass is 16.5. The number of hydrogen-bond acceptors (Lipinski definition) is 1. The zero-order chi connectivity index (χ0) is 12.9. The van der Waals surface area contributed by atoms with Gasteiger partial charge in [0.15, 0.2) is 0 Å². The fourth-order valence-electron chi connectivity index (χ4n) is 2.11. The molecule has 0 bridgehead atoms. The summed E-state index contributed by atoms with van der Waals surface area (Å²) in [4.78, 5) is 0. The van der Waals surface area contributed by atoms with Crippen molar-refractivity contribution in [2.75, 3.05) is 13.2 Å². The molecule has 0 heterocycles. The van der Waals surface area contributed by atoms with Crippen LogP contribution in [-0.2, 0) is 11.2 Å². The fourth-order valence-corrected chi connectivity index (χ4v) is 2.11. The molecule has 1 rings (SSSR count). The van der Waals surface area contributed by atoms with E-state index in [1.54, 1.807) is 0 Å². The van der Waals surface area contributed by atoms with Gasteiger partial charge in [0.1, 0.15) is 0 Å². The lowest BCUT2D eigenvalue weighted by Crippen LogP contribution is -1.98. The first-order chi connectivity index (χ1) is 8.93. The van der Waals surface area contributed by atoms with Gasteiger partial charge in [-0.3, -0.25) is 0 Å². The minimum atomic E-state index is 0.907. The quantitative estimate of drug-likeness (QED) is 0.501. The average molecular weight is 248 g/mol. The zero-order valence-electron chi connectivity index (χ0n) is 11.9. The number of ether oxygens (including phenoxy) is 1. The molecule has 1 aromatic rings. The molecular formula is C17H28O. The summed E-state index contributed by atoms with van der Waals surface area (Å²) in [5.41, 5.74) is 1.42. The molecule has 1 nitrogen and oxygen atoms in total. The average Bonchev–Trinajstić information content (AvgIpc) is 2.42. The van der Waals surface area contributed by atoms with E-state index in [-0.39, 0.29) is 0 Å². The van der Waals surface area contributed by atoms with Crippen molar-refractivity contribution in [1.29, 1.82) is 0 Å². The molecule has 0 atom stereocenters. The third kappa shape index (κ3) is 8.30. The lowest BCUT2D eigenvalue weighted by atomic mass is 10.1. The van der Waals surface area contributed by atoms with E-state index in [4.69, 9.17) is 4.74 Å². The van der Waals surface area contributed by atoms with Crippen LogP contribution in [0.25, 0.3) is 0 Å². The summed E-state index contributed by atoms with van der Waals surface area (Å²) in [6.07, 6.45) is 10.3. The molecule has 18 heavy (non-hydrogen) atoms. The first-order valence-corrected chi connectivity index (χ1v) is 7.55. The van der Waals surface area contributed by atoms with Crippen LogP contribution in [0.1, 0.15) is 57.4 Å². The summed E-state index contributed by atoms with van der Waals surface area (Å²) < 4.78 is 5.66. The van der Waals surface area contributed by atoms with E-state index < -0.39 is 0 Å². The molecule has 0 unspecified atom stereocenters. The maximum Gasteiger partial charge on any atom is 0.0469 e. The summed E-state index contributed by atoms with van der Waals surface area (Å²) >= 11 is 0. The minimum absolute atomic E-state index is 0.907. The van der Waals surface area contributed by atoms with Gasteiger partial charge in [0.05, 0.1) is 0 Å². The highest BCUT2D eigenvalue weighted by Crippen LogP contribution is 2.06. The number of aryl methyl sites for hydroxylation is 1. The third-order valence-electron chi connectivity index (χ3n) is 3.24. The SMILES string of the molecule is CCCCCCCCOCCCc1ccccc1. The minimum Gasteiger partial charge on any atom is -0.381 e. The van der Waals surface area contributed by atoms with Crippen molar-refractivity contribution in [2.24, 2.45) is 0 Å². The predicted molar refractivity (Wildman–Crippen MR) is 79.0 cm³/mol. The van der Waals surface area contributed by atoms with Gasteiger partial charge in [-0.05, 0) is 24.8 Å². The first-order valence-electron chi connectivity index (χ1n) is 7.55. The molecule has 0 radical (unpaired) electrons. The van der Waals surface area contributed by atoms with Gasteiger partial charge in [-0.1, -0.05) is 69.4 Å². The van der Waals surface area contributed by atoms with E-state index in [0.29, 0.717) is 0 Å². The normalized spacial score (nSPS) is 10.7. The van der Waals surface area contributed by atoms with Gasteiger partial charge >= 0.3 is 0 Å². The lowest BCUT2D eigenvalue weighted by molar-refractivity contribution is 0.127. The predicted octanol–water partition coefficient (Wildman–Crippen LogP) is 5.00. The summed E-state index contributed by atoms with van der Waals surface area (Å²) in [7, 11) is 0. The Bertz CT molecular complexity index is 268. The van der Waals surface area contributed by atoms with Crippen LogP contribution in [0.5, 0.6) is 0 Å². The van der Waals surface area contributed by atoms with Crippen molar-refractivity contribution in [2.45, 2.75) is 58.3 Å². The van der Waals surface area contributed by atoms with E-state index >= 15 is 0 Å². The van der Waals surface area contributed by atoms with Gasteiger partial charge in [0.2, 0.25) is 0 Å². The molecule has 1 aromatic carbocycles. The van der Waals surface area contributed by atoms with Crippen molar-refractivity contribution in [1.82, 2.24) is 0 Å². The second kappa shape index (κ2) is 11.3. The summed E-state index contributed by atoms with van der Waals surface area (Å²) in [6, 6.07) is 10.7. The van der Waals surface area contributed by atoms with Crippen LogP contribution in [0.4, 0.5) is 0 Å². The van der Waals surface area contributed by atoms with Crippen LogP contribution in [0.3, 0.4) is 0 Å². The smallest absolute Gasteiger partial charge is 0.0469 e. The maximum absolute atomic E-state index is 5.66. The second-order valence-electron chi connectivity index (χ2n) is 4.97. The summed E-state index contributed by atoms with van der Waals surface area (Å²) in [5, 5.41) is 0. The van der Waals surface area contributed by atoms with Gasteiger partial charge in [-0.2, -0.15) is 0 Å². The standard InChI is InChI=1S/C17H28O/c1-2-3-4-5-6-10-15-18-16-11-14-17-12-8-7-9-13-17/h7-9,12-13H,2-6,10-11,14-16H2,1H3. The van der Waals surface area contributed by atoms with Gasteiger partial charge < -0.3 is 4.74 Å². The first kappa shape index (κ1) is 15.2. The van der Waals surface area contributed by atoms with Crippen molar-refractivity contribution in [3.05, 3.63) is 35.9 Å². The van der Waals surface area contributed by atoms with Crippen molar-refractivity contribution in [3.8, 4) is 0 Å². The van der Waals surface area contributed by atoms with Crippen molar-refractivity contribution < 1.29 is 4.74 Å². The van der Waals surface area contributed by atoms with Crippen LogP contribution >= 0.6 is 0 Å². The van der Waals surface area contributed by atoms with Crippen molar-refractivity contribution >= 4 is 0 Å². The Morgan fingerprint density at radius 2 is 1.44 bits per heavy atom. The lowest BCUT2D eigenvalue weighted by Gasteiger charge is -2.04. The molecule has 0 aliphatic rings. The van der Waals surface area contributed by atoms with E-state index in [9.17, 15) is 0 Å². The van der Waals surface area contributed by atoms with E-state index in [1.165, 1.54) is 44.1 Å². The van der Waals surface area contributed by atoms with Gasteiger partial charge in [0.25, 0.3) is 0 Å². The topological polar surface area (TPSA) is 9.23 Å². The molecule has 0 fully saturated rings. The van der Waals surface area contributed by atoms with Crippen LogP contribution in [0, 0.1) is 0 Å². The third-order valence-corrected chi connectivity index (χ3v) is 3.24. The fraction of sp³-hybridized carbons (Fsp3) is 0.647. The van der Waals surface area contributed by atoms with Gasteiger partial charge in [-0.25, -0.2) is 0 Å². The maximum atomic E-state index is 5.66. The molecule has 0 N–H and O–H groups in total. The molecule has 0 aromatic heterocycles. The monoisotopic (exact) mass is 248 g/mol. The highest BCUT2D eigenvalue weighted by Gasteiger charge is 1.93. The van der Waals surface area contributed by atoms with Crippen molar-refractivity contribution in [3.63, 3.8) is 0 Å². The summed E-state index contributed by atoms with van der Waals surface area (Å²) in [6.45, 7) is 4.11. The molecule has 1 heteroatoms. The largest absolute Gasteiger partial charge is 0.381 e. The molecule has 0 amide bonds. The Morgan fingerprint density at radius 1 is 0.778 bits per heavy atom. The van der Waals surface area contributed by atoms with Gasteiger partial charge in [0, 0.05) is 13.2 Å². The summed E-state index contributed by atoms with van der Waals surface area (Å²) in [5.74, 6) is 0. The Kier molecular flexibility index (Phi) is 9.55. The van der Waals surface area contributed by atoms with Crippen LogP contribution in [-0.4, -0.2) is 13.2 Å². The van der Waals surface area contributed by atoms with Crippen LogP contribution in [0.15, 0.2) is 30.3 Å². The van der Waals surface area contributed by atoms with Crippen LogP contribution < -0.4 is 0 Å². The Hall–Kier alpha value is -0.820. The number of rotatable bonds is 11. The zero-order valence-corrected chi connectivity index (χ0v) is 11.9. The molecular weight excluding hydrogens is 220 g/mol. The van der Waals surface area contributed by atoms with E-state index in [2.05, 4.69) is 37.3 Å². The van der Waals surface area contributed by atoms with Crippen LogP contribution in [0.2, 0.25) is 0 Å². The Morgan fingerprint density at radius 3 is 2.22 bits per heavy atom. The number of unbranched alkanes of at least 4 members (excludes halogenated alkanes) is 5. The Labute approximate surface area is 113 Å². The molecule has 0 aliphatic heterocycles. The molecule has 102 valence electrons. The molecule has 0 aliphatic carbocycles. The molecule has 0 spiro atoms. The highest BCUT2D eigenvalue weighted by molar-refractivity contribution is 5.14. The number of benzene rings is 1. The second-order valence-corrected chi connectivity index (χ2v) is 4.97. The Balaban J connectivity index is 1.82. The van der Waals surface area contributed by atoms with E-state index in [1.807, 2.05) is 0 Å². The molecule has 0 saturated carbocycles. The van der Waals surface area contributed by atoms with Gasteiger partial charge in [-0.15, -0.1) is 0 Å². The molecule has 0 saturated heterocycles.